The lowest BCUT2D eigenvalue weighted by atomic mass is 10.1. The van der Waals surface area contributed by atoms with Crippen LogP contribution in [0.25, 0.3) is 0 Å². The van der Waals surface area contributed by atoms with Gasteiger partial charge in [-0.15, -0.1) is 11.3 Å². The van der Waals surface area contributed by atoms with E-state index >= 15 is 0 Å². The summed E-state index contributed by atoms with van der Waals surface area (Å²) in [7, 11) is 0. The Hall–Kier alpha value is -1.88. The highest BCUT2D eigenvalue weighted by Crippen LogP contribution is 2.21. The van der Waals surface area contributed by atoms with E-state index in [-0.39, 0.29) is 24.1 Å². The van der Waals surface area contributed by atoms with Crippen molar-refractivity contribution in [2.75, 3.05) is 0 Å². The van der Waals surface area contributed by atoms with Gasteiger partial charge in [-0.05, 0) is 36.4 Å². The van der Waals surface area contributed by atoms with E-state index in [4.69, 9.17) is 4.74 Å². The topological polar surface area (TPSA) is 38.3 Å². The fourth-order valence-corrected chi connectivity index (χ4v) is 3.77. The maximum Gasteiger partial charge on any atom is 0.261 e. The van der Waals surface area contributed by atoms with Crippen LogP contribution in [-0.4, -0.2) is 11.9 Å². The number of hydrogen-bond donors (Lipinski definition) is 1. The van der Waals surface area contributed by atoms with Gasteiger partial charge in [0, 0.05) is 11.6 Å². The third kappa shape index (κ3) is 4.57. The molecule has 2 aromatic rings. The van der Waals surface area contributed by atoms with Crippen molar-refractivity contribution in [2.24, 2.45) is 0 Å². The Bertz CT molecular complexity index is 678. The molecule has 1 aromatic carbocycles. The highest BCUT2D eigenvalue weighted by molar-refractivity contribution is 7.12. The van der Waals surface area contributed by atoms with Gasteiger partial charge in [-0.3, -0.25) is 4.79 Å². The van der Waals surface area contributed by atoms with E-state index in [1.165, 1.54) is 43.1 Å². The molecular weight excluding hydrogens is 325 g/mol. The number of halogens is 1. The molecule has 1 aromatic heterocycles. The van der Waals surface area contributed by atoms with Gasteiger partial charge in [-0.1, -0.05) is 37.8 Å². The third-order valence-electron chi connectivity index (χ3n) is 4.30. The van der Waals surface area contributed by atoms with Gasteiger partial charge >= 0.3 is 0 Å². The molecule has 0 radical (unpaired) electrons. The van der Waals surface area contributed by atoms with Crippen LogP contribution in [0.5, 0.6) is 5.75 Å². The van der Waals surface area contributed by atoms with E-state index in [0.717, 1.165) is 18.4 Å². The van der Waals surface area contributed by atoms with Crippen molar-refractivity contribution in [1.29, 1.82) is 0 Å². The molecule has 0 unspecified atom stereocenters. The molecule has 1 aliphatic carbocycles. The molecule has 0 bridgehead atoms. The molecule has 1 amide bonds. The van der Waals surface area contributed by atoms with Crippen molar-refractivity contribution >= 4 is 17.2 Å². The van der Waals surface area contributed by atoms with Crippen molar-refractivity contribution < 1.29 is 13.9 Å². The molecule has 1 fully saturated rings. The summed E-state index contributed by atoms with van der Waals surface area (Å²) in [5.74, 6) is -0.156. The number of ether oxygens (including phenoxy) is 1. The van der Waals surface area contributed by atoms with Crippen molar-refractivity contribution in [1.82, 2.24) is 5.32 Å². The number of carbonyl (C=O) groups is 1. The summed E-state index contributed by atoms with van der Waals surface area (Å²) in [4.78, 5) is 13.1. The number of carbonyl (C=O) groups excluding carboxylic acids is 1. The Morgan fingerprint density at radius 3 is 2.71 bits per heavy atom. The summed E-state index contributed by atoms with van der Waals surface area (Å²) in [5.41, 5.74) is 0.884. The summed E-state index contributed by atoms with van der Waals surface area (Å²) in [6.07, 6.45) is 7.06. The first-order valence-electron chi connectivity index (χ1n) is 8.48. The van der Waals surface area contributed by atoms with E-state index < -0.39 is 0 Å². The zero-order valence-corrected chi connectivity index (χ0v) is 14.4. The van der Waals surface area contributed by atoms with Crippen molar-refractivity contribution in [3.8, 4) is 5.75 Å². The van der Waals surface area contributed by atoms with Crippen LogP contribution in [0, 0.1) is 5.82 Å². The monoisotopic (exact) mass is 347 g/mol. The summed E-state index contributed by atoms with van der Waals surface area (Å²) in [6.45, 7) is 0.258. The lowest BCUT2D eigenvalue weighted by molar-refractivity contribution is 0.0937. The van der Waals surface area contributed by atoms with Crippen LogP contribution in [0.4, 0.5) is 4.39 Å². The van der Waals surface area contributed by atoms with Crippen LogP contribution in [0.2, 0.25) is 0 Å². The normalized spacial score (nSPS) is 15.7. The summed E-state index contributed by atoms with van der Waals surface area (Å²) in [5, 5.41) is 5.03. The van der Waals surface area contributed by atoms with Crippen LogP contribution < -0.4 is 10.1 Å². The fourth-order valence-electron chi connectivity index (χ4n) is 2.97. The van der Waals surface area contributed by atoms with E-state index in [2.05, 4.69) is 5.32 Å². The number of rotatable bonds is 5. The minimum absolute atomic E-state index is 0.0101. The van der Waals surface area contributed by atoms with Crippen molar-refractivity contribution in [3.63, 3.8) is 0 Å². The third-order valence-corrected chi connectivity index (χ3v) is 5.28. The molecule has 24 heavy (non-hydrogen) atoms. The molecule has 1 saturated carbocycles. The Kier molecular flexibility index (Phi) is 5.86. The second-order valence-electron chi connectivity index (χ2n) is 6.20. The van der Waals surface area contributed by atoms with Gasteiger partial charge in [-0.25, -0.2) is 4.39 Å². The molecular formula is C19H22FNO2S. The fraction of sp³-hybridized carbons (Fsp3) is 0.421. The van der Waals surface area contributed by atoms with E-state index in [0.29, 0.717) is 10.9 Å². The Balaban J connectivity index is 1.54. The maximum absolute atomic E-state index is 13.5. The molecule has 0 spiro atoms. The zero-order chi connectivity index (χ0) is 16.8. The summed E-state index contributed by atoms with van der Waals surface area (Å²) in [6, 6.07) is 8.45. The molecule has 0 saturated heterocycles. The molecule has 1 heterocycles. The highest BCUT2D eigenvalue weighted by atomic mass is 32.1. The number of amides is 1. The first kappa shape index (κ1) is 17.0. The SMILES string of the molecule is O=C(NC1CCCCCC1)c1cc(COc2ccccc2F)cs1. The Morgan fingerprint density at radius 2 is 1.96 bits per heavy atom. The molecule has 3 rings (SSSR count). The van der Waals surface area contributed by atoms with Gasteiger partial charge in [0.1, 0.15) is 6.61 Å². The van der Waals surface area contributed by atoms with Crippen LogP contribution in [0.15, 0.2) is 35.7 Å². The smallest absolute Gasteiger partial charge is 0.261 e. The average Bonchev–Trinajstić information content (AvgIpc) is 2.92. The number of para-hydroxylation sites is 1. The first-order valence-corrected chi connectivity index (χ1v) is 9.36. The number of thiophene rings is 1. The van der Waals surface area contributed by atoms with Gasteiger partial charge in [0.2, 0.25) is 0 Å². The summed E-state index contributed by atoms with van der Waals surface area (Å²) < 4.78 is 19.0. The number of benzene rings is 1. The predicted octanol–water partition coefficient (Wildman–Crippen LogP) is 4.92. The van der Waals surface area contributed by atoms with Gasteiger partial charge in [0.15, 0.2) is 11.6 Å². The number of hydrogen-bond acceptors (Lipinski definition) is 3. The van der Waals surface area contributed by atoms with Gasteiger partial charge in [-0.2, -0.15) is 0 Å². The van der Waals surface area contributed by atoms with Gasteiger partial charge in [0.25, 0.3) is 5.91 Å². The van der Waals surface area contributed by atoms with E-state index in [1.807, 2.05) is 11.4 Å². The number of nitrogens with one attached hydrogen (secondary N) is 1. The van der Waals surface area contributed by atoms with E-state index in [9.17, 15) is 9.18 Å². The molecule has 1 N–H and O–H groups in total. The van der Waals surface area contributed by atoms with E-state index in [1.54, 1.807) is 18.2 Å². The van der Waals surface area contributed by atoms with Crippen LogP contribution in [0.3, 0.4) is 0 Å². The maximum atomic E-state index is 13.5. The average molecular weight is 347 g/mol. The molecule has 0 atom stereocenters. The standard InChI is InChI=1S/C19H22FNO2S/c20-16-9-5-6-10-17(16)23-12-14-11-18(24-13-14)19(22)21-15-7-3-1-2-4-8-15/h5-6,9-11,13,15H,1-4,7-8,12H2,(H,21,22). The second-order valence-corrected chi connectivity index (χ2v) is 7.11. The van der Waals surface area contributed by atoms with Crippen molar-refractivity contribution in [3.05, 3.63) is 52.0 Å². The summed E-state index contributed by atoms with van der Waals surface area (Å²) >= 11 is 1.40. The van der Waals surface area contributed by atoms with Gasteiger partial charge in [0.05, 0.1) is 4.88 Å². The molecule has 1 aliphatic rings. The first-order chi connectivity index (χ1) is 11.7. The lowest BCUT2D eigenvalue weighted by Crippen LogP contribution is -2.33. The minimum atomic E-state index is -0.376. The predicted molar refractivity (Wildman–Crippen MR) is 94.0 cm³/mol. The quantitative estimate of drug-likeness (QED) is 0.780. The Labute approximate surface area is 145 Å². The minimum Gasteiger partial charge on any atom is -0.486 e. The second kappa shape index (κ2) is 8.29. The molecule has 128 valence electrons. The van der Waals surface area contributed by atoms with Crippen LogP contribution >= 0.6 is 11.3 Å². The largest absolute Gasteiger partial charge is 0.486 e. The van der Waals surface area contributed by atoms with Crippen LogP contribution in [0.1, 0.15) is 53.8 Å². The highest BCUT2D eigenvalue weighted by Gasteiger charge is 2.17. The van der Waals surface area contributed by atoms with Gasteiger partial charge < -0.3 is 10.1 Å². The zero-order valence-electron chi connectivity index (χ0n) is 13.6. The molecule has 0 aliphatic heterocycles. The van der Waals surface area contributed by atoms with Crippen LogP contribution in [-0.2, 0) is 6.61 Å². The van der Waals surface area contributed by atoms with Crippen molar-refractivity contribution in [2.45, 2.75) is 51.2 Å². The Morgan fingerprint density at radius 1 is 1.21 bits per heavy atom. The lowest BCUT2D eigenvalue weighted by Gasteiger charge is -2.15. The molecule has 5 heteroatoms. The molecule has 3 nitrogen and oxygen atoms in total.